The number of thiazole rings is 1. The van der Waals surface area contributed by atoms with Gasteiger partial charge in [0.15, 0.2) is 0 Å². The number of hydrogen-bond acceptors (Lipinski definition) is 9. The molecule has 3 rings (SSSR count). The van der Waals surface area contributed by atoms with E-state index < -0.39 is 15.3 Å². The standard InChI is InChI=1S/C23H32N6O4S2.H2/c1-13-14(2)34-21(28-13)11-27-22(30)16(25-6)8-15(24)17-10-26-20-9-18(33-7)19(12-29(17)20)35(31,32)23(3,4)5;/h8-10,12,31-32H,11,24H2,1-7H3,(H,27,30);1H/b15-8-,25-16?;. The number of methoxy groups -OCH3 is 1. The normalized spacial score (nSPS) is 13.9. The van der Waals surface area contributed by atoms with Crippen molar-refractivity contribution in [3.8, 4) is 5.75 Å². The van der Waals surface area contributed by atoms with E-state index in [1.54, 1.807) is 43.6 Å². The average Bonchev–Trinajstić information content (AvgIpc) is 3.35. The van der Waals surface area contributed by atoms with Gasteiger partial charge in [-0.3, -0.25) is 23.3 Å². The maximum absolute atomic E-state index is 12.7. The van der Waals surface area contributed by atoms with Crippen LogP contribution in [0.25, 0.3) is 11.3 Å². The van der Waals surface area contributed by atoms with E-state index in [0.29, 0.717) is 17.1 Å². The summed E-state index contributed by atoms with van der Waals surface area (Å²) in [5.41, 5.74) is 8.62. The Balaban J connectivity index is 0.00000456. The Labute approximate surface area is 211 Å². The van der Waals surface area contributed by atoms with E-state index >= 15 is 0 Å². The Kier molecular flexibility index (Phi) is 7.60. The Morgan fingerprint density at radius 1 is 1.40 bits per heavy atom. The number of pyridine rings is 1. The highest BCUT2D eigenvalue weighted by molar-refractivity contribution is 8.25. The maximum atomic E-state index is 12.7. The van der Waals surface area contributed by atoms with E-state index in [9.17, 15) is 13.9 Å². The van der Waals surface area contributed by atoms with Crippen LogP contribution in [-0.4, -0.2) is 54.0 Å². The molecule has 0 atom stereocenters. The van der Waals surface area contributed by atoms with Crippen LogP contribution in [0.15, 0.2) is 34.4 Å². The summed E-state index contributed by atoms with van der Waals surface area (Å²) in [4.78, 5) is 26.9. The van der Waals surface area contributed by atoms with E-state index in [1.165, 1.54) is 31.6 Å². The number of ether oxygens (including phenoxy) is 1. The second-order valence-electron chi connectivity index (χ2n) is 8.88. The molecule has 35 heavy (non-hydrogen) atoms. The average molecular weight is 523 g/mol. The molecule has 0 saturated carbocycles. The number of nitrogens with two attached hydrogens (primary N) is 1. The molecule has 0 fully saturated rings. The lowest BCUT2D eigenvalue weighted by Crippen LogP contribution is -2.30. The van der Waals surface area contributed by atoms with Crippen molar-refractivity contribution in [2.45, 2.75) is 50.8 Å². The fraction of sp³-hybridized carbons (Fsp3) is 0.391. The third kappa shape index (κ3) is 5.35. The molecule has 5 N–H and O–H groups in total. The Morgan fingerprint density at radius 2 is 2.09 bits per heavy atom. The van der Waals surface area contributed by atoms with Crippen LogP contribution < -0.4 is 15.8 Å². The monoisotopic (exact) mass is 522 g/mol. The third-order valence-corrected chi connectivity index (χ3v) is 9.19. The molecule has 0 aliphatic heterocycles. The van der Waals surface area contributed by atoms with Gasteiger partial charge in [0.25, 0.3) is 5.91 Å². The zero-order valence-electron chi connectivity index (χ0n) is 20.9. The highest BCUT2D eigenvalue weighted by atomic mass is 32.3. The van der Waals surface area contributed by atoms with Gasteiger partial charge >= 0.3 is 0 Å². The van der Waals surface area contributed by atoms with Crippen molar-refractivity contribution in [3.05, 3.63) is 45.8 Å². The molecule has 10 nitrogen and oxygen atoms in total. The lowest BCUT2D eigenvalue weighted by atomic mass is 10.2. The second kappa shape index (κ2) is 9.97. The number of aliphatic imine (C=N–C) groups is 1. The molecule has 3 aromatic rings. The molecule has 192 valence electrons. The van der Waals surface area contributed by atoms with E-state index in [0.717, 1.165) is 15.6 Å². The van der Waals surface area contributed by atoms with E-state index in [1.807, 2.05) is 13.8 Å². The van der Waals surface area contributed by atoms with Gasteiger partial charge in [0.05, 0.1) is 41.7 Å². The van der Waals surface area contributed by atoms with Crippen LogP contribution >= 0.6 is 21.9 Å². The molecule has 0 bridgehead atoms. The number of aryl methyl sites for hydroxylation is 2. The first-order valence-corrected chi connectivity index (χ1v) is 13.1. The first-order chi connectivity index (χ1) is 16.3. The van der Waals surface area contributed by atoms with Crippen LogP contribution in [0.2, 0.25) is 0 Å². The van der Waals surface area contributed by atoms with Gasteiger partial charge in [-0.15, -0.1) is 11.3 Å². The van der Waals surface area contributed by atoms with Gasteiger partial charge in [0.2, 0.25) is 0 Å². The summed E-state index contributed by atoms with van der Waals surface area (Å²) in [5.74, 6) is -0.0750. The number of aromatic nitrogens is 3. The molecule has 0 aliphatic rings. The van der Waals surface area contributed by atoms with Gasteiger partial charge < -0.3 is 15.8 Å². The van der Waals surface area contributed by atoms with Gasteiger partial charge in [-0.1, -0.05) is 0 Å². The number of nitrogens with zero attached hydrogens (tertiary/aromatic N) is 4. The quantitative estimate of drug-likeness (QED) is 0.339. The van der Waals surface area contributed by atoms with E-state index in [4.69, 9.17) is 10.5 Å². The Hall–Kier alpha value is -2.93. The summed E-state index contributed by atoms with van der Waals surface area (Å²) < 4.78 is 28.2. The number of nitrogens with one attached hydrogen (secondary N) is 1. The number of hydrogen-bond donors (Lipinski definition) is 4. The zero-order valence-corrected chi connectivity index (χ0v) is 22.5. The molecule has 3 heterocycles. The third-order valence-electron chi connectivity index (χ3n) is 5.49. The number of fused-ring (bicyclic) bond motifs is 1. The fourth-order valence-electron chi connectivity index (χ4n) is 3.22. The van der Waals surface area contributed by atoms with E-state index in [-0.39, 0.29) is 30.2 Å². The minimum Gasteiger partial charge on any atom is -0.495 e. The minimum atomic E-state index is -3.23. The predicted molar refractivity (Wildman–Crippen MR) is 144 cm³/mol. The van der Waals surface area contributed by atoms with Crippen molar-refractivity contribution in [1.29, 1.82) is 0 Å². The summed E-state index contributed by atoms with van der Waals surface area (Å²) in [6, 6.07) is 1.62. The number of carbonyl (C=O) groups excluding carboxylic acids is 1. The molecule has 0 spiro atoms. The summed E-state index contributed by atoms with van der Waals surface area (Å²) in [5, 5.41) is 3.62. The highest BCUT2D eigenvalue weighted by Crippen LogP contribution is 2.61. The van der Waals surface area contributed by atoms with Crippen molar-refractivity contribution >= 4 is 44.9 Å². The molecule has 0 saturated heterocycles. The molecular weight excluding hydrogens is 488 g/mol. The van der Waals surface area contributed by atoms with Crippen molar-refractivity contribution in [2.75, 3.05) is 14.2 Å². The molecule has 12 heteroatoms. The van der Waals surface area contributed by atoms with Crippen LogP contribution in [0, 0.1) is 13.8 Å². The first kappa shape index (κ1) is 26.7. The number of carbonyl (C=O) groups is 1. The SMILES string of the molecule is CN=C(/C=C(\N)c1cnc2cc(OC)c(S(O)(O)C(C)(C)C)cn12)C(=O)NCc1nc(C)c(C)s1.[HH]. The van der Waals surface area contributed by atoms with Crippen LogP contribution in [0.5, 0.6) is 5.75 Å². The lowest BCUT2D eigenvalue weighted by Gasteiger charge is -2.44. The van der Waals surface area contributed by atoms with Crippen LogP contribution in [0.4, 0.5) is 0 Å². The highest BCUT2D eigenvalue weighted by Gasteiger charge is 2.34. The van der Waals surface area contributed by atoms with Crippen LogP contribution in [-0.2, 0) is 11.3 Å². The van der Waals surface area contributed by atoms with Crippen molar-refractivity contribution < 1.29 is 20.1 Å². The summed E-state index contributed by atoms with van der Waals surface area (Å²) in [6.45, 7) is 9.42. The van der Waals surface area contributed by atoms with Gasteiger partial charge in [-0.25, -0.2) is 9.97 Å². The molecule has 0 aliphatic carbocycles. The number of amides is 1. The van der Waals surface area contributed by atoms with Crippen molar-refractivity contribution in [1.82, 2.24) is 19.7 Å². The second-order valence-corrected chi connectivity index (χ2v) is 12.9. The molecule has 0 radical (unpaired) electrons. The first-order valence-electron chi connectivity index (χ1n) is 10.8. The molecule has 0 unspecified atom stereocenters. The molecular formula is C23H34N6O4S2. The summed E-state index contributed by atoms with van der Waals surface area (Å²) in [6.07, 6.45) is 4.57. The largest absolute Gasteiger partial charge is 0.495 e. The molecule has 1 amide bonds. The maximum Gasteiger partial charge on any atom is 0.269 e. The number of imidazole rings is 1. The smallest absolute Gasteiger partial charge is 0.269 e. The van der Waals surface area contributed by atoms with Crippen molar-refractivity contribution in [2.24, 2.45) is 10.7 Å². The van der Waals surface area contributed by atoms with Gasteiger partial charge in [-0.05, 0) is 40.7 Å². The molecule has 3 aromatic heterocycles. The summed E-state index contributed by atoms with van der Waals surface area (Å²) in [7, 11) is -0.267. The Morgan fingerprint density at radius 3 is 2.63 bits per heavy atom. The van der Waals surface area contributed by atoms with Gasteiger partial charge in [-0.2, -0.15) is 10.6 Å². The number of rotatable bonds is 7. The van der Waals surface area contributed by atoms with Gasteiger partial charge in [0, 0.05) is 25.6 Å². The zero-order chi connectivity index (χ0) is 26.1. The predicted octanol–water partition coefficient (Wildman–Crippen LogP) is 4.26. The van der Waals surface area contributed by atoms with E-state index in [2.05, 4.69) is 20.3 Å². The molecule has 0 aromatic carbocycles. The van der Waals surface area contributed by atoms with Gasteiger partial charge in [0.1, 0.15) is 27.0 Å². The summed E-state index contributed by atoms with van der Waals surface area (Å²) >= 11 is 1.53. The topological polar surface area (TPSA) is 147 Å². The lowest BCUT2D eigenvalue weighted by molar-refractivity contribution is -0.114. The Bertz CT molecular complexity index is 1300. The van der Waals surface area contributed by atoms with Crippen molar-refractivity contribution in [3.63, 3.8) is 0 Å². The van der Waals surface area contributed by atoms with Crippen LogP contribution in [0.3, 0.4) is 0 Å². The fourth-order valence-corrected chi connectivity index (χ4v) is 5.43. The van der Waals surface area contributed by atoms with Crippen LogP contribution in [0.1, 0.15) is 43.5 Å². The minimum absolute atomic E-state index is 0.